The molecular weight excluding hydrogens is 228 g/mol. The third-order valence-corrected chi connectivity index (χ3v) is 3.52. The minimum atomic E-state index is -0.0783. The molecule has 2 atom stereocenters. The van der Waals surface area contributed by atoms with Gasteiger partial charge in [-0.2, -0.15) is 0 Å². The molecular formula is C14H28N2O2. The molecule has 0 radical (unpaired) electrons. The highest BCUT2D eigenvalue weighted by Crippen LogP contribution is 2.12. The zero-order valence-electron chi connectivity index (χ0n) is 12.1. The van der Waals surface area contributed by atoms with Crippen LogP contribution in [0.15, 0.2) is 0 Å². The van der Waals surface area contributed by atoms with E-state index < -0.39 is 0 Å². The van der Waals surface area contributed by atoms with E-state index >= 15 is 0 Å². The molecule has 1 aliphatic heterocycles. The van der Waals surface area contributed by atoms with Crippen LogP contribution in [0.1, 0.15) is 46.5 Å². The third kappa shape index (κ3) is 5.36. The lowest BCUT2D eigenvalue weighted by Gasteiger charge is -2.30. The molecule has 2 unspecified atom stereocenters. The number of hydrogen-bond acceptors (Lipinski definition) is 4. The van der Waals surface area contributed by atoms with E-state index in [0.717, 1.165) is 26.1 Å². The van der Waals surface area contributed by atoms with Crippen molar-refractivity contribution in [3.05, 3.63) is 0 Å². The fourth-order valence-electron chi connectivity index (χ4n) is 2.56. The van der Waals surface area contributed by atoms with Gasteiger partial charge in [0.25, 0.3) is 0 Å². The van der Waals surface area contributed by atoms with Crippen molar-refractivity contribution in [1.29, 1.82) is 0 Å². The summed E-state index contributed by atoms with van der Waals surface area (Å²) in [4.78, 5) is 14.0. The van der Waals surface area contributed by atoms with Crippen molar-refractivity contribution in [3.8, 4) is 0 Å². The Balaban J connectivity index is 2.40. The van der Waals surface area contributed by atoms with E-state index in [-0.39, 0.29) is 12.0 Å². The first-order valence-corrected chi connectivity index (χ1v) is 7.30. The lowest BCUT2D eigenvalue weighted by atomic mass is 10.1. The van der Waals surface area contributed by atoms with Crippen LogP contribution in [0.4, 0.5) is 0 Å². The fraction of sp³-hybridized carbons (Fsp3) is 0.929. The molecule has 0 saturated carbocycles. The molecule has 0 aliphatic carbocycles. The van der Waals surface area contributed by atoms with Crippen LogP contribution in [0.2, 0.25) is 0 Å². The summed E-state index contributed by atoms with van der Waals surface area (Å²) in [5, 5.41) is 3.52. The zero-order valence-corrected chi connectivity index (χ0v) is 12.1. The number of carbonyl (C=O) groups excluding carboxylic acids is 1. The first-order chi connectivity index (χ1) is 8.67. The minimum absolute atomic E-state index is 0.0783. The summed E-state index contributed by atoms with van der Waals surface area (Å²) in [6.07, 6.45) is 4.16. The van der Waals surface area contributed by atoms with Gasteiger partial charge in [0.2, 0.25) is 0 Å². The Bertz CT molecular complexity index is 240. The maximum atomic E-state index is 11.5. The van der Waals surface area contributed by atoms with E-state index in [0.29, 0.717) is 19.1 Å². The Labute approximate surface area is 111 Å². The summed E-state index contributed by atoms with van der Waals surface area (Å²) in [6.45, 7) is 9.89. The number of nitrogens with one attached hydrogen (secondary N) is 1. The predicted molar refractivity (Wildman–Crippen MR) is 73.6 cm³/mol. The monoisotopic (exact) mass is 256 g/mol. The predicted octanol–water partition coefficient (Wildman–Crippen LogP) is 1.79. The van der Waals surface area contributed by atoms with Crippen LogP contribution in [-0.4, -0.2) is 49.2 Å². The van der Waals surface area contributed by atoms with Gasteiger partial charge >= 0.3 is 5.97 Å². The third-order valence-electron chi connectivity index (χ3n) is 3.52. The second-order valence-electron chi connectivity index (χ2n) is 5.15. The molecule has 1 rings (SSSR count). The van der Waals surface area contributed by atoms with Crippen LogP contribution in [0.5, 0.6) is 0 Å². The molecule has 0 aromatic carbocycles. The van der Waals surface area contributed by atoms with Crippen molar-refractivity contribution in [1.82, 2.24) is 10.2 Å². The van der Waals surface area contributed by atoms with Crippen molar-refractivity contribution in [2.24, 2.45) is 0 Å². The Kier molecular flexibility index (Phi) is 7.28. The molecule has 1 aliphatic rings. The average Bonchev–Trinajstić information content (AvgIpc) is 2.81. The lowest BCUT2D eigenvalue weighted by Crippen LogP contribution is -2.43. The van der Waals surface area contributed by atoms with E-state index in [9.17, 15) is 4.79 Å². The highest BCUT2D eigenvalue weighted by Gasteiger charge is 2.22. The first kappa shape index (κ1) is 15.4. The van der Waals surface area contributed by atoms with Gasteiger partial charge in [-0.05, 0) is 46.2 Å². The van der Waals surface area contributed by atoms with Gasteiger partial charge in [0.1, 0.15) is 0 Å². The average molecular weight is 256 g/mol. The van der Waals surface area contributed by atoms with Gasteiger partial charge in [-0.3, -0.25) is 9.69 Å². The molecule has 0 bridgehead atoms. The van der Waals surface area contributed by atoms with E-state index in [2.05, 4.69) is 24.1 Å². The minimum Gasteiger partial charge on any atom is -0.466 e. The van der Waals surface area contributed by atoms with Gasteiger partial charge in [-0.25, -0.2) is 0 Å². The smallest absolute Gasteiger partial charge is 0.307 e. The van der Waals surface area contributed by atoms with Crippen LogP contribution < -0.4 is 5.32 Å². The molecule has 1 heterocycles. The molecule has 106 valence electrons. The summed E-state index contributed by atoms with van der Waals surface area (Å²) in [6, 6.07) is 0.868. The molecule has 1 saturated heterocycles. The molecule has 0 amide bonds. The second-order valence-corrected chi connectivity index (χ2v) is 5.15. The standard InChI is InChI=1S/C14H28N2O2/c1-4-9-16(11-13-7-6-8-15-13)12(3)10-14(17)18-5-2/h12-13,15H,4-11H2,1-3H3. The summed E-state index contributed by atoms with van der Waals surface area (Å²) in [5.74, 6) is -0.0783. The largest absolute Gasteiger partial charge is 0.466 e. The zero-order chi connectivity index (χ0) is 13.4. The molecule has 0 spiro atoms. The number of esters is 1. The highest BCUT2D eigenvalue weighted by atomic mass is 16.5. The summed E-state index contributed by atoms with van der Waals surface area (Å²) >= 11 is 0. The summed E-state index contributed by atoms with van der Waals surface area (Å²) in [7, 11) is 0. The van der Waals surface area contributed by atoms with E-state index in [1.807, 2.05) is 6.92 Å². The lowest BCUT2D eigenvalue weighted by molar-refractivity contribution is -0.144. The topological polar surface area (TPSA) is 41.6 Å². The highest BCUT2D eigenvalue weighted by molar-refractivity contribution is 5.70. The quantitative estimate of drug-likeness (QED) is 0.672. The van der Waals surface area contributed by atoms with Crippen LogP contribution in [-0.2, 0) is 9.53 Å². The first-order valence-electron chi connectivity index (χ1n) is 7.30. The molecule has 4 heteroatoms. The van der Waals surface area contributed by atoms with Crippen LogP contribution >= 0.6 is 0 Å². The van der Waals surface area contributed by atoms with Gasteiger partial charge in [-0.15, -0.1) is 0 Å². The number of rotatable bonds is 8. The van der Waals surface area contributed by atoms with E-state index in [4.69, 9.17) is 4.74 Å². The van der Waals surface area contributed by atoms with Crippen molar-refractivity contribution in [2.75, 3.05) is 26.2 Å². The molecule has 0 aromatic heterocycles. The van der Waals surface area contributed by atoms with Crippen molar-refractivity contribution < 1.29 is 9.53 Å². The number of ether oxygens (including phenoxy) is 1. The second kappa shape index (κ2) is 8.48. The Hall–Kier alpha value is -0.610. The molecule has 18 heavy (non-hydrogen) atoms. The van der Waals surface area contributed by atoms with Gasteiger partial charge < -0.3 is 10.1 Å². The van der Waals surface area contributed by atoms with Crippen molar-refractivity contribution in [3.63, 3.8) is 0 Å². The van der Waals surface area contributed by atoms with E-state index in [1.165, 1.54) is 12.8 Å². The van der Waals surface area contributed by atoms with Gasteiger partial charge in [0, 0.05) is 18.6 Å². The Morgan fingerprint density at radius 1 is 1.50 bits per heavy atom. The Morgan fingerprint density at radius 3 is 2.83 bits per heavy atom. The number of nitrogens with zero attached hydrogens (tertiary/aromatic N) is 1. The van der Waals surface area contributed by atoms with E-state index in [1.54, 1.807) is 0 Å². The normalized spacial score (nSPS) is 21.2. The number of hydrogen-bond donors (Lipinski definition) is 1. The fourth-order valence-corrected chi connectivity index (χ4v) is 2.56. The number of carbonyl (C=O) groups is 1. The molecule has 4 nitrogen and oxygen atoms in total. The van der Waals surface area contributed by atoms with Gasteiger partial charge in [0.15, 0.2) is 0 Å². The maximum Gasteiger partial charge on any atom is 0.307 e. The van der Waals surface area contributed by atoms with Crippen LogP contribution in [0, 0.1) is 0 Å². The van der Waals surface area contributed by atoms with Gasteiger partial charge in [0.05, 0.1) is 13.0 Å². The van der Waals surface area contributed by atoms with Crippen molar-refractivity contribution >= 4 is 5.97 Å². The SMILES string of the molecule is CCCN(CC1CCCN1)C(C)CC(=O)OCC. The molecule has 1 N–H and O–H groups in total. The molecule has 0 aromatic rings. The molecule has 1 fully saturated rings. The summed E-state index contributed by atoms with van der Waals surface area (Å²) in [5.41, 5.74) is 0. The Morgan fingerprint density at radius 2 is 2.28 bits per heavy atom. The summed E-state index contributed by atoms with van der Waals surface area (Å²) < 4.78 is 5.03. The van der Waals surface area contributed by atoms with Crippen LogP contribution in [0.3, 0.4) is 0 Å². The van der Waals surface area contributed by atoms with Gasteiger partial charge in [-0.1, -0.05) is 6.92 Å². The van der Waals surface area contributed by atoms with Crippen LogP contribution in [0.25, 0.3) is 0 Å². The maximum absolute atomic E-state index is 11.5. The van der Waals surface area contributed by atoms with Crippen molar-refractivity contribution in [2.45, 2.75) is 58.5 Å².